The highest BCUT2D eigenvalue weighted by Crippen LogP contribution is 2.32. The molecule has 0 aliphatic heterocycles. The molecular formula is C11H14ClN5O4. The predicted molar refractivity (Wildman–Crippen MR) is 76.9 cm³/mol. The number of nitrogen functional groups attached to an aromatic ring is 1. The van der Waals surface area contributed by atoms with Gasteiger partial charge in [0.25, 0.3) is 11.6 Å². The molecule has 1 aromatic carbocycles. The van der Waals surface area contributed by atoms with Gasteiger partial charge >= 0.3 is 0 Å². The summed E-state index contributed by atoms with van der Waals surface area (Å²) in [6, 6.07) is 2.30. The van der Waals surface area contributed by atoms with E-state index in [0.29, 0.717) is 0 Å². The van der Waals surface area contributed by atoms with E-state index in [9.17, 15) is 19.7 Å². The Labute approximate surface area is 124 Å². The van der Waals surface area contributed by atoms with Crippen LogP contribution in [0, 0.1) is 10.1 Å². The fourth-order valence-corrected chi connectivity index (χ4v) is 1.80. The predicted octanol–water partition coefficient (Wildman–Crippen LogP) is 0.400. The van der Waals surface area contributed by atoms with E-state index in [1.54, 1.807) is 0 Å². The second kappa shape index (κ2) is 7.41. The average Bonchev–Trinajstić information content (AvgIpc) is 2.45. The molecule has 10 heteroatoms. The van der Waals surface area contributed by atoms with Gasteiger partial charge in [-0.2, -0.15) is 0 Å². The largest absolute Gasteiger partial charge is 0.359 e. The van der Waals surface area contributed by atoms with Crippen LogP contribution in [0.3, 0.4) is 0 Å². The van der Waals surface area contributed by atoms with Gasteiger partial charge in [-0.15, -0.1) is 0 Å². The van der Waals surface area contributed by atoms with Crippen molar-refractivity contribution in [2.24, 2.45) is 5.84 Å². The van der Waals surface area contributed by atoms with Crippen LogP contribution in [0.15, 0.2) is 12.1 Å². The molecule has 0 saturated heterocycles. The van der Waals surface area contributed by atoms with Crippen molar-refractivity contribution in [1.82, 2.24) is 10.6 Å². The minimum Gasteiger partial charge on any atom is -0.359 e. The molecular weight excluding hydrogens is 302 g/mol. The Morgan fingerprint density at radius 3 is 2.62 bits per heavy atom. The lowest BCUT2D eigenvalue weighted by atomic mass is 10.1. The quantitative estimate of drug-likeness (QED) is 0.340. The van der Waals surface area contributed by atoms with E-state index in [1.807, 2.05) is 0 Å². The van der Waals surface area contributed by atoms with Gasteiger partial charge in [-0.1, -0.05) is 11.6 Å². The lowest BCUT2D eigenvalue weighted by Gasteiger charge is -2.08. The molecule has 0 atom stereocenters. The topological polar surface area (TPSA) is 139 Å². The first-order valence-corrected chi connectivity index (χ1v) is 6.21. The molecule has 0 saturated carbocycles. The molecule has 2 amide bonds. The molecule has 0 bridgehead atoms. The van der Waals surface area contributed by atoms with Gasteiger partial charge in [0.15, 0.2) is 0 Å². The number of nitrogens with two attached hydrogens (primary N) is 1. The Balaban J connectivity index is 2.90. The molecule has 0 aromatic heterocycles. The number of anilines is 1. The van der Waals surface area contributed by atoms with Crippen LogP contribution in [0.2, 0.25) is 5.02 Å². The van der Waals surface area contributed by atoms with E-state index < -0.39 is 16.5 Å². The fraction of sp³-hybridized carbons (Fsp3) is 0.273. The third-order valence-corrected chi connectivity index (χ3v) is 2.89. The van der Waals surface area contributed by atoms with E-state index in [1.165, 1.54) is 13.1 Å². The minimum absolute atomic E-state index is 0.00241. The number of rotatable bonds is 6. The summed E-state index contributed by atoms with van der Waals surface area (Å²) in [7, 11) is 1.48. The Morgan fingerprint density at radius 2 is 2.10 bits per heavy atom. The van der Waals surface area contributed by atoms with Gasteiger partial charge in [0.05, 0.1) is 9.95 Å². The summed E-state index contributed by atoms with van der Waals surface area (Å²) in [6.07, 6.45) is 0.0977. The Hall–Kier alpha value is -2.39. The zero-order valence-corrected chi connectivity index (χ0v) is 11.9. The van der Waals surface area contributed by atoms with E-state index >= 15 is 0 Å². The molecule has 0 radical (unpaired) electrons. The number of halogens is 1. The van der Waals surface area contributed by atoms with Crippen LogP contribution in [-0.4, -0.2) is 30.3 Å². The molecule has 0 fully saturated rings. The minimum atomic E-state index is -0.706. The molecule has 114 valence electrons. The standard InChI is InChI=1S/C11H14ClN5O4/c1-14-9(18)2-3-15-11(19)6-4-7(12)10(16-13)8(5-6)17(20)21/h4-5,16H,2-3,13H2,1H3,(H,14,18)(H,15,19). The van der Waals surface area contributed by atoms with Crippen LogP contribution in [0.5, 0.6) is 0 Å². The van der Waals surface area contributed by atoms with Crippen molar-refractivity contribution in [1.29, 1.82) is 0 Å². The van der Waals surface area contributed by atoms with Gasteiger partial charge in [0.1, 0.15) is 5.69 Å². The van der Waals surface area contributed by atoms with Crippen LogP contribution in [0.25, 0.3) is 0 Å². The van der Waals surface area contributed by atoms with Crippen LogP contribution in [0.4, 0.5) is 11.4 Å². The average molecular weight is 316 g/mol. The van der Waals surface area contributed by atoms with Crippen LogP contribution in [-0.2, 0) is 4.79 Å². The zero-order valence-electron chi connectivity index (χ0n) is 11.1. The number of carbonyl (C=O) groups is 2. The second-order valence-electron chi connectivity index (χ2n) is 3.93. The van der Waals surface area contributed by atoms with Crippen molar-refractivity contribution in [3.8, 4) is 0 Å². The molecule has 0 spiro atoms. The maximum Gasteiger partial charge on any atom is 0.295 e. The monoisotopic (exact) mass is 315 g/mol. The zero-order chi connectivity index (χ0) is 16.0. The highest BCUT2D eigenvalue weighted by atomic mass is 35.5. The maximum absolute atomic E-state index is 11.9. The Morgan fingerprint density at radius 1 is 1.43 bits per heavy atom. The molecule has 0 heterocycles. The third-order valence-electron chi connectivity index (χ3n) is 2.59. The summed E-state index contributed by atoms with van der Waals surface area (Å²) in [4.78, 5) is 33.1. The lowest BCUT2D eigenvalue weighted by Crippen LogP contribution is -2.29. The van der Waals surface area contributed by atoms with Crippen molar-refractivity contribution in [3.63, 3.8) is 0 Å². The number of nitrogens with zero attached hydrogens (tertiary/aromatic N) is 1. The highest BCUT2D eigenvalue weighted by molar-refractivity contribution is 6.34. The van der Waals surface area contributed by atoms with Gasteiger partial charge in [0.2, 0.25) is 5.91 Å². The number of hydrogen-bond acceptors (Lipinski definition) is 6. The van der Waals surface area contributed by atoms with Gasteiger partial charge < -0.3 is 16.1 Å². The van der Waals surface area contributed by atoms with Crippen molar-refractivity contribution >= 4 is 34.8 Å². The second-order valence-corrected chi connectivity index (χ2v) is 4.34. The molecule has 1 aromatic rings. The van der Waals surface area contributed by atoms with Crippen LogP contribution in [0.1, 0.15) is 16.8 Å². The lowest BCUT2D eigenvalue weighted by molar-refractivity contribution is -0.384. The summed E-state index contributed by atoms with van der Waals surface area (Å²) < 4.78 is 0. The van der Waals surface area contributed by atoms with Gasteiger partial charge in [-0.25, -0.2) is 0 Å². The van der Waals surface area contributed by atoms with Gasteiger partial charge in [-0.3, -0.25) is 25.5 Å². The third kappa shape index (κ3) is 4.29. The molecule has 21 heavy (non-hydrogen) atoms. The summed E-state index contributed by atoms with van der Waals surface area (Å²) in [5, 5.41) is 15.7. The highest BCUT2D eigenvalue weighted by Gasteiger charge is 2.20. The summed E-state index contributed by atoms with van der Waals surface area (Å²) in [6.45, 7) is 0.0980. The first-order valence-electron chi connectivity index (χ1n) is 5.84. The first kappa shape index (κ1) is 16.7. The Kier molecular flexibility index (Phi) is 5.88. The summed E-state index contributed by atoms with van der Waals surface area (Å²) in [5.74, 6) is 4.35. The van der Waals surface area contributed by atoms with E-state index in [4.69, 9.17) is 17.4 Å². The van der Waals surface area contributed by atoms with E-state index in [-0.39, 0.29) is 35.1 Å². The molecule has 0 aliphatic carbocycles. The maximum atomic E-state index is 11.9. The normalized spacial score (nSPS) is 9.86. The molecule has 0 aliphatic rings. The number of hydrazine groups is 1. The molecule has 1 rings (SSSR count). The summed E-state index contributed by atoms with van der Waals surface area (Å²) in [5.41, 5.74) is 1.63. The van der Waals surface area contributed by atoms with Gasteiger partial charge in [0, 0.05) is 31.6 Å². The van der Waals surface area contributed by atoms with Crippen molar-refractivity contribution in [2.45, 2.75) is 6.42 Å². The molecule has 9 nitrogen and oxygen atoms in total. The Bertz CT molecular complexity index is 578. The molecule has 0 unspecified atom stereocenters. The number of benzene rings is 1. The molecule has 5 N–H and O–H groups in total. The fourth-order valence-electron chi connectivity index (χ4n) is 1.53. The number of nitro benzene ring substituents is 1. The van der Waals surface area contributed by atoms with Crippen LogP contribution < -0.4 is 21.9 Å². The first-order chi connectivity index (χ1) is 9.90. The summed E-state index contributed by atoms with van der Waals surface area (Å²) >= 11 is 5.84. The SMILES string of the molecule is CNC(=O)CCNC(=O)c1cc(Cl)c(NN)c([N+](=O)[O-])c1. The van der Waals surface area contributed by atoms with Crippen molar-refractivity contribution < 1.29 is 14.5 Å². The number of nitrogens with one attached hydrogen (secondary N) is 3. The van der Waals surface area contributed by atoms with Crippen molar-refractivity contribution in [3.05, 3.63) is 32.8 Å². The smallest absolute Gasteiger partial charge is 0.295 e. The number of amides is 2. The number of carbonyl (C=O) groups excluding carboxylic acids is 2. The number of nitro groups is 1. The van der Waals surface area contributed by atoms with Crippen molar-refractivity contribution in [2.75, 3.05) is 19.0 Å². The number of hydrogen-bond donors (Lipinski definition) is 4. The van der Waals surface area contributed by atoms with Crippen LogP contribution >= 0.6 is 11.6 Å². The van der Waals surface area contributed by atoms with Gasteiger partial charge in [-0.05, 0) is 6.07 Å². The van der Waals surface area contributed by atoms with E-state index in [2.05, 4.69) is 16.1 Å². The van der Waals surface area contributed by atoms with E-state index in [0.717, 1.165) is 6.07 Å².